The van der Waals surface area contributed by atoms with Gasteiger partial charge in [-0.15, -0.1) is 0 Å². The molecule has 3 rings (SSSR count). The van der Waals surface area contributed by atoms with Gasteiger partial charge in [-0.05, 0) is 32.3 Å². The lowest BCUT2D eigenvalue weighted by molar-refractivity contribution is -0.122. The van der Waals surface area contributed by atoms with Crippen LogP contribution in [0.4, 0.5) is 0 Å². The normalized spacial score (nSPS) is 14.6. The highest BCUT2D eigenvalue weighted by Crippen LogP contribution is 2.28. The Kier molecular flexibility index (Phi) is 5.88. The molecule has 0 saturated heterocycles. The third kappa shape index (κ3) is 4.35. The minimum Gasteiger partial charge on any atom is -0.273 e. The minimum atomic E-state index is -0.533. The van der Waals surface area contributed by atoms with Crippen molar-refractivity contribution in [2.45, 2.75) is 58.4 Å². The summed E-state index contributed by atoms with van der Waals surface area (Å²) >= 11 is 0. The Morgan fingerprint density at radius 3 is 2.48 bits per heavy atom. The lowest BCUT2D eigenvalue weighted by Crippen LogP contribution is -2.43. The molecule has 2 amide bonds. The summed E-state index contributed by atoms with van der Waals surface area (Å²) in [4.78, 5) is 37.2. The molecule has 0 spiro atoms. The maximum Gasteiger partial charge on any atom is 0.290 e. The van der Waals surface area contributed by atoms with E-state index in [4.69, 9.17) is 0 Å². The van der Waals surface area contributed by atoms with Crippen LogP contribution in [0.2, 0.25) is 0 Å². The van der Waals surface area contributed by atoms with Gasteiger partial charge in [-0.3, -0.25) is 25.2 Å². The Labute approximate surface area is 158 Å². The summed E-state index contributed by atoms with van der Waals surface area (Å²) in [6.07, 6.45) is 6.10. The van der Waals surface area contributed by atoms with Crippen LogP contribution in [-0.4, -0.2) is 21.6 Å². The van der Waals surface area contributed by atoms with Gasteiger partial charge in [0.25, 0.3) is 11.5 Å². The smallest absolute Gasteiger partial charge is 0.273 e. The molecule has 7 nitrogen and oxygen atoms in total. The van der Waals surface area contributed by atoms with E-state index in [1.807, 2.05) is 13.8 Å². The van der Waals surface area contributed by atoms with Crippen molar-refractivity contribution in [3.63, 3.8) is 0 Å². The second kappa shape index (κ2) is 8.33. The molecule has 1 aliphatic rings. The second-order valence-electron chi connectivity index (χ2n) is 7.43. The van der Waals surface area contributed by atoms with Crippen molar-refractivity contribution >= 4 is 22.6 Å². The van der Waals surface area contributed by atoms with Crippen LogP contribution >= 0.6 is 0 Å². The van der Waals surface area contributed by atoms with Gasteiger partial charge in [0.2, 0.25) is 5.91 Å². The van der Waals surface area contributed by atoms with E-state index in [-0.39, 0.29) is 23.2 Å². The van der Waals surface area contributed by atoms with E-state index < -0.39 is 5.91 Å². The van der Waals surface area contributed by atoms with E-state index in [1.165, 1.54) is 30.4 Å². The maximum atomic E-state index is 12.6. The fourth-order valence-corrected chi connectivity index (χ4v) is 3.61. The Balaban J connectivity index is 1.72. The van der Waals surface area contributed by atoms with Crippen molar-refractivity contribution in [2.75, 3.05) is 0 Å². The van der Waals surface area contributed by atoms with Crippen molar-refractivity contribution in [1.29, 1.82) is 0 Å². The van der Waals surface area contributed by atoms with Gasteiger partial charge in [0.15, 0.2) is 5.69 Å². The number of nitrogens with one attached hydrogen (secondary N) is 2. The summed E-state index contributed by atoms with van der Waals surface area (Å²) in [5.41, 5.74) is 4.78. The van der Waals surface area contributed by atoms with Crippen LogP contribution in [0.1, 0.15) is 68.9 Å². The maximum absolute atomic E-state index is 12.6. The predicted octanol–water partition coefficient (Wildman–Crippen LogP) is 2.71. The summed E-state index contributed by atoms with van der Waals surface area (Å²) in [6.45, 7) is 3.66. The molecule has 0 bridgehead atoms. The van der Waals surface area contributed by atoms with Crippen molar-refractivity contribution in [2.24, 2.45) is 5.92 Å². The predicted molar refractivity (Wildman–Crippen MR) is 103 cm³/mol. The minimum absolute atomic E-state index is 0.120. The monoisotopic (exact) mass is 370 g/mol. The first-order chi connectivity index (χ1) is 13.0. The van der Waals surface area contributed by atoms with E-state index in [0.29, 0.717) is 23.1 Å². The number of carbonyl (C=O) groups is 2. The van der Waals surface area contributed by atoms with Crippen LogP contribution in [0.25, 0.3) is 10.8 Å². The zero-order valence-corrected chi connectivity index (χ0v) is 15.8. The standard InChI is InChI=1S/C20H26N4O3/c1-13(2)24-20(27)16-10-6-5-9-15(16)18(23-24)19(26)22-21-17(25)12-11-14-7-3-4-8-14/h5-6,9-10,13-14H,3-4,7-8,11-12H2,1-2H3,(H,21,25)(H,22,26). The summed E-state index contributed by atoms with van der Waals surface area (Å²) in [7, 11) is 0. The van der Waals surface area contributed by atoms with Crippen molar-refractivity contribution in [3.8, 4) is 0 Å². The average Bonchev–Trinajstić information content (AvgIpc) is 3.18. The van der Waals surface area contributed by atoms with Crippen LogP contribution in [0.5, 0.6) is 0 Å². The lowest BCUT2D eigenvalue weighted by atomic mass is 10.0. The molecule has 2 N–H and O–H groups in total. The van der Waals surface area contributed by atoms with Crippen molar-refractivity contribution in [1.82, 2.24) is 20.6 Å². The van der Waals surface area contributed by atoms with E-state index in [9.17, 15) is 14.4 Å². The number of hydrazine groups is 1. The number of carbonyl (C=O) groups excluding carboxylic acids is 2. The molecule has 0 aliphatic heterocycles. The van der Waals surface area contributed by atoms with E-state index in [2.05, 4.69) is 16.0 Å². The Morgan fingerprint density at radius 2 is 1.81 bits per heavy atom. The topological polar surface area (TPSA) is 93.1 Å². The molecule has 27 heavy (non-hydrogen) atoms. The highest BCUT2D eigenvalue weighted by Gasteiger charge is 2.19. The molecule has 1 aliphatic carbocycles. The fourth-order valence-electron chi connectivity index (χ4n) is 3.61. The molecule has 1 fully saturated rings. The first-order valence-electron chi connectivity index (χ1n) is 9.58. The third-order valence-corrected chi connectivity index (χ3v) is 5.10. The number of fused-ring (bicyclic) bond motifs is 1. The van der Waals surface area contributed by atoms with Crippen LogP contribution < -0.4 is 16.4 Å². The van der Waals surface area contributed by atoms with Gasteiger partial charge in [0.05, 0.1) is 11.4 Å². The number of rotatable bonds is 5. The number of hydrogen-bond acceptors (Lipinski definition) is 4. The van der Waals surface area contributed by atoms with Crippen molar-refractivity contribution < 1.29 is 9.59 Å². The molecule has 0 unspecified atom stereocenters. The second-order valence-corrected chi connectivity index (χ2v) is 7.43. The van der Waals surface area contributed by atoms with Gasteiger partial charge in [-0.1, -0.05) is 43.9 Å². The zero-order chi connectivity index (χ0) is 19.4. The number of aromatic nitrogens is 2. The number of nitrogens with zero attached hydrogens (tertiary/aromatic N) is 2. The van der Waals surface area contributed by atoms with Gasteiger partial charge in [-0.25, -0.2) is 4.68 Å². The lowest BCUT2D eigenvalue weighted by Gasteiger charge is -2.14. The first-order valence-corrected chi connectivity index (χ1v) is 9.58. The average molecular weight is 370 g/mol. The zero-order valence-electron chi connectivity index (χ0n) is 15.8. The molecule has 0 radical (unpaired) electrons. The molecule has 7 heteroatoms. The number of benzene rings is 1. The molecule has 0 atom stereocenters. The van der Waals surface area contributed by atoms with Crippen LogP contribution in [0, 0.1) is 5.92 Å². The third-order valence-electron chi connectivity index (χ3n) is 5.10. The molecule has 1 aromatic carbocycles. The van der Waals surface area contributed by atoms with Gasteiger partial charge in [0, 0.05) is 11.8 Å². The number of amides is 2. The largest absolute Gasteiger partial charge is 0.290 e. The molecular weight excluding hydrogens is 344 g/mol. The highest BCUT2D eigenvalue weighted by molar-refractivity contribution is 6.05. The number of hydrogen-bond donors (Lipinski definition) is 2. The van der Waals surface area contributed by atoms with Gasteiger partial charge < -0.3 is 0 Å². The van der Waals surface area contributed by atoms with Gasteiger partial charge >= 0.3 is 0 Å². The molecular formula is C20H26N4O3. The first kappa shape index (κ1) is 19.1. The summed E-state index contributed by atoms with van der Waals surface area (Å²) < 4.78 is 1.29. The van der Waals surface area contributed by atoms with E-state index >= 15 is 0 Å². The molecule has 2 aromatic rings. The molecule has 144 valence electrons. The molecule has 1 saturated carbocycles. The Bertz CT molecular complexity index is 898. The fraction of sp³-hybridized carbons (Fsp3) is 0.500. The summed E-state index contributed by atoms with van der Waals surface area (Å²) in [5.74, 6) is -0.127. The van der Waals surface area contributed by atoms with Crippen LogP contribution in [0.15, 0.2) is 29.1 Å². The summed E-state index contributed by atoms with van der Waals surface area (Å²) in [5, 5.41) is 5.13. The van der Waals surface area contributed by atoms with Crippen LogP contribution in [-0.2, 0) is 4.79 Å². The Hall–Kier alpha value is -2.70. The SMILES string of the molecule is CC(C)n1nc(C(=O)NNC(=O)CCC2CCCC2)c2ccccc2c1=O. The molecule has 1 heterocycles. The van der Waals surface area contributed by atoms with Crippen molar-refractivity contribution in [3.05, 3.63) is 40.3 Å². The molecule has 1 aromatic heterocycles. The van der Waals surface area contributed by atoms with E-state index in [0.717, 1.165) is 6.42 Å². The Morgan fingerprint density at radius 1 is 1.15 bits per heavy atom. The quantitative estimate of drug-likeness (QED) is 0.792. The van der Waals surface area contributed by atoms with Gasteiger partial charge in [0.1, 0.15) is 0 Å². The van der Waals surface area contributed by atoms with Crippen LogP contribution in [0.3, 0.4) is 0 Å². The van der Waals surface area contributed by atoms with Gasteiger partial charge in [-0.2, -0.15) is 5.10 Å². The summed E-state index contributed by atoms with van der Waals surface area (Å²) in [6, 6.07) is 6.68. The van der Waals surface area contributed by atoms with E-state index in [1.54, 1.807) is 24.3 Å². The highest BCUT2D eigenvalue weighted by atomic mass is 16.2.